The predicted octanol–water partition coefficient (Wildman–Crippen LogP) is 2.89. The molecular formula is C23H33N3O. The molecular weight excluding hydrogens is 334 g/mol. The van der Waals surface area contributed by atoms with Gasteiger partial charge in [0.2, 0.25) is 5.91 Å². The number of hydrogen-bond acceptors (Lipinski definition) is 3. The number of hydrogen-bond donors (Lipinski definition) is 1. The van der Waals surface area contributed by atoms with Crippen LogP contribution in [-0.4, -0.2) is 54.0 Å². The van der Waals surface area contributed by atoms with Gasteiger partial charge < -0.3 is 5.32 Å². The zero-order valence-electron chi connectivity index (χ0n) is 16.4. The standard InChI is InChI=1S/C23H33N3O/c27-22(24-23-13-19-10-20(14-23)12-21(11-19)15-23)17-26-8-6-25(7-9-26)16-18-4-2-1-3-5-18/h1-5,19-21H,6-17H2,(H,24,27). The van der Waals surface area contributed by atoms with Crippen molar-refractivity contribution in [2.24, 2.45) is 17.8 Å². The molecule has 1 N–H and O–H groups in total. The summed E-state index contributed by atoms with van der Waals surface area (Å²) in [4.78, 5) is 17.6. The van der Waals surface area contributed by atoms with Gasteiger partial charge in [-0.05, 0) is 61.8 Å². The van der Waals surface area contributed by atoms with E-state index in [1.165, 1.54) is 44.1 Å². The van der Waals surface area contributed by atoms with E-state index in [9.17, 15) is 4.79 Å². The molecule has 0 aromatic heterocycles. The highest BCUT2D eigenvalue weighted by Gasteiger charge is 2.51. The van der Waals surface area contributed by atoms with Crippen molar-refractivity contribution in [3.63, 3.8) is 0 Å². The maximum Gasteiger partial charge on any atom is 0.234 e. The highest BCUT2D eigenvalue weighted by Crippen LogP contribution is 2.55. The van der Waals surface area contributed by atoms with Gasteiger partial charge >= 0.3 is 0 Å². The number of benzene rings is 1. The second-order valence-electron chi connectivity index (χ2n) is 9.78. The Hall–Kier alpha value is -1.39. The van der Waals surface area contributed by atoms with Gasteiger partial charge in [0.25, 0.3) is 0 Å². The third kappa shape index (κ3) is 3.93. The average molecular weight is 368 g/mol. The van der Waals surface area contributed by atoms with Crippen LogP contribution < -0.4 is 5.32 Å². The maximum absolute atomic E-state index is 12.8. The minimum absolute atomic E-state index is 0.154. The monoisotopic (exact) mass is 367 g/mol. The Morgan fingerprint density at radius 3 is 2.04 bits per heavy atom. The molecule has 6 rings (SSSR count). The SMILES string of the molecule is O=C(CN1CCN(Cc2ccccc2)CC1)NC12CC3CC(CC(C3)C1)C2. The van der Waals surface area contributed by atoms with E-state index in [-0.39, 0.29) is 11.4 Å². The van der Waals surface area contributed by atoms with Crippen LogP contribution >= 0.6 is 0 Å². The van der Waals surface area contributed by atoms with Crippen LogP contribution in [0.4, 0.5) is 0 Å². The van der Waals surface area contributed by atoms with E-state index in [2.05, 4.69) is 45.4 Å². The molecule has 146 valence electrons. The molecule has 1 aliphatic heterocycles. The van der Waals surface area contributed by atoms with Gasteiger partial charge in [-0.1, -0.05) is 30.3 Å². The van der Waals surface area contributed by atoms with E-state index in [1.54, 1.807) is 0 Å². The summed E-state index contributed by atoms with van der Waals surface area (Å²) in [6.45, 7) is 5.72. The Morgan fingerprint density at radius 2 is 1.44 bits per heavy atom. The molecule has 27 heavy (non-hydrogen) atoms. The van der Waals surface area contributed by atoms with Crippen molar-refractivity contribution in [3.8, 4) is 0 Å². The predicted molar refractivity (Wildman–Crippen MR) is 107 cm³/mol. The summed E-state index contributed by atoms with van der Waals surface area (Å²) in [5.41, 5.74) is 1.53. The number of carbonyl (C=O) groups excluding carboxylic acids is 1. The largest absolute Gasteiger partial charge is 0.350 e. The Labute approximate surface area is 163 Å². The molecule has 1 saturated heterocycles. The van der Waals surface area contributed by atoms with Crippen LogP contribution in [-0.2, 0) is 11.3 Å². The maximum atomic E-state index is 12.8. The minimum atomic E-state index is 0.154. The van der Waals surface area contributed by atoms with Crippen molar-refractivity contribution < 1.29 is 4.79 Å². The number of carbonyl (C=O) groups is 1. The molecule has 1 heterocycles. The van der Waals surface area contributed by atoms with E-state index < -0.39 is 0 Å². The molecule has 5 fully saturated rings. The summed E-state index contributed by atoms with van der Waals surface area (Å²) in [5, 5.41) is 3.53. The van der Waals surface area contributed by atoms with Crippen molar-refractivity contribution in [2.75, 3.05) is 32.7 Å². The summed E-state index contributed by atoms with van der Waals surface area (Å²) >= 11 is 0. The van der Waals surface area contributed by atoms with Crippen molar-refractivity contribution >= 4 is 5.91 Å². The van der Waals surface area contributed by atoms with Crippen LogP contribution in [0.2, 0.25) is 0 Å². The molecule has 1 aromatic carbocycles. The first-order valence-electron chi connectivity index (χ1n) is 11.0. The molecule has 4 aliphatic carbocycles. The van der Waals surface area contributed by atoms with Gasteiger partial charge in [-0.25, -0.2) is 0 Å². The molecule has 4 saturated carbocycles. The first-order chi connectivity index (χ1) is 13.2. The topological polar surface area (TPSA) is 35.6 Å². The summed E-state index contributed by atoms with van der Waals surface area (Å²) in [5.74, 6) is 2.93. The lowest BCUT2D eigenvalue weighted by Gasteiger charge is -2.57. The normalized spacial score (nSPS) is 36.1. The van der Waals surface area contributed by atoms with E-state index in [0.29, 0.717) is 6.54 Å². The van der Waals surface area contributed by atoms with Gasteiger partial charge in [0.1, 0.15) is 0 Å². The van der Waals surface area contributed by atoms with Crippen LogP contribution in [0.25, 0.3) is 0 Å². The van der Waals surface area contributed by atoms with Crippen LogP contribution in [0.3, 0.4) is 0 Å². The van der Waals surface area contributed by atoms with Gasteiger partial charge in [0.05, 0.1) is 6.54 Å². The van der Waals surface area contributed by atoms with Crippen molar-refractivity contribution in [1.82, 2.24) is 15.1 Å². The molecule has 4 nitrogen and oxygen atoms in total. The first kappa shape index (κ1) is 17.7. The molecule has 5 aliphatic rings. The average Bonchev–Trinajstić information content (AvgIpc) is 2.62. The van der Waals surface area contributed by atoms with Crippen molar-refractivity contribution in [2.45, 2.75) is 50.6 Å². The third-order valence-corrected chi connectivity index (χ3v) is 7.52. The summed E-state index contributed by atoms with van der Waals surface area (Å²) < 4.78 is 0. The number of nitrogens with zero attached hydrogens (tertiary/aromatic N) is 2. The van der Waals surface area contributed by atoms with Crippen molar-refractivity contribution in [1.29, 1.82) is 0 Å². The van der Waals surface area contributed by atoms with Crippen LogP contribution in [0.5, 0.6) is 0 Å². The van der Waals surface area contributed by atoms with Crippen LogP contribution in [0.1, 0.15) is 44.1 Å². The highest BCUT2D eigenvalue weighted by molar-refractivity contribution is 5.79. The smallest absolute Gasteiger partial charge is 0.234 e. The lowest BCUT2D eigenvalue weighted by atomic mass is 9.53. The second kappa shape index (κ2) is 7.21. The molecule has 0 unspecified atom stereocenters. The zero-order chi connectivity index (χ0) is 18.3. The fourth-order valence-electron chi connectivity index (χ4n) is 6.75. The lowest BCUT2D eigenvalue weighted by molar-refractivity contribution is -0.128. The Kier molecular flexibility index (Phi) is 4.73. The minimum Gasteiger partial charge on any atom is -0.350 e. The van der Waals surface area contributed by atoms with Gasteiger partial charge in [-0.3, -0.25) is 14.6 Å². The molecule has 0 spiro atoms. The third-order valence-electron chi connectivity index (χ3n) is 7.52. The molecule has 0 radical (unpaired) electrons. The number of rotatable bonds is 5. The molecule has 4 bridgehead atoms. The van der Waals surface area contributed by atoms with Crippen LogP contribution in [0, 0.1) is 17.8 Å². The second-order valence-corrected chi connectivity index (χ2v) is 9.78. The van der Waals surface area contributed by atoms with Gasteiger partial charge in [-0.2, -0.15) is 0 Å². The Balaban J connectivity index is 1.10. The van der Waals surface area contributed by atoms with E-state index in [1.807, 2.05) is 0 Å². The van der Waals surface area contributed by atoms with Gasteiger partial charge in [0.15, 0.2) is 0 Å². The van der Waals surface area contributed by atoms with Crippen LogP contribution in [0.15, 0.2) is 30.3 Å². The first-order valence-corrected chi connectivity index (χ1v) is 11.0. The number of nitrogens with one attached hydrogen (secondary N) is 1. The Bertz CT molecular complexity index is 630. The van der Waals surface area contributed by atoms with Gasteiger partial charge in [-0.15, -0.1) is 0 Å². The Morgan fingerprint density at radius 1 is 0.889 bits per heavy atom. The lowest BCUT2D eigenvalue weighted by Crippen LogP contribution is -2.61. The number of piperazine rings is 1. The molecule has 1 aromatic rings. The van der Waals surface area contributed by atoms with E-state index in [4.69, 9.17) is 0 Å². The van der Waals surface area contributed by atoms with Gasteiger partial charge in [0, 0.05) is 38.3 Å². The molecule has 1 amide bonds. The fourth-order valence-corrected chi connectivity index (χ4v) is 6.75. The van der Waals surface area contributed by atoms with Crippen molar-refractivity contribution in [3.05, 3.63) is 35.9 Å². The summed E-state index contributed by atoms with van der Waals surface area (Å²) in [6.07, 6.45) is 8.02. The molecule has 4 heteroatoms. The summed E-state index contributed by atoms with van der Waals surface area (Å²) in [7, 11) is 0. The quantitative estimate of drug-likeness (QED) is 0.869. The highest BCUT2D eigenvalue weighted by atomic mass is 16.2. The molecule has 0 atom stereocenters. The summed E-state index contributed by atoms with van der Waals surface area (Å²) in [6, 6.07) is 10.7. The zero-order valence-corrected chi connectivity index (χ0v) is 16.4. The van der Waals surface area contributed by atoms with E-state index >= 15 is 0 Å². The fraction of sp³-hybridized carbons (Fsp3) is 0.696. The van der Waals surface area contributed by atoms with E-state index in [0.717, 1.165) is 50.5 Å². The number of amides is 1.